The SMILES string of the molecule is CN=C(NCCS(=O)C(C)(C)C)N(C)CC1CCOC1. The van der Waals surface area contributed by atoms with Gasteiger partial charge in [-0.2, -0.15) is 0 Å². The number of ether oxygens (including phenoxy) is 1. The van der Waals surface area contributed by atoms with Gasteiger partial charge in [-0.25, -0.2) is 0 Å². The Morgan fingerprint density at radius 3 is 2.70 bits per heavy atom. The number of aliphatic imine (C=N–C) groups is 1. The number of hydrogen-bond acceptors (Lipinski definition) is 3. The van der Waals surface area contributed by atoms with Gasteiger partial charge in [-0.15, -0.1) is 0 Å². The van der Waals surface area contributed by atoms with Crippen LogP contribution in [0.4, 0.5) is 0 Å². The van der Waals surface area contributed by atoms with Crippen molar-refractivity contribution < 1.29 is 8.95 Å². The lowest BCUT2D eigenvalue weighted by molar-refractivity contribution is 0.181. The van der Waals surface area contributed by atoms with Crippen LogP contribution < -0.4 is 5.32 Å². The first-order valence-corrected chi connectivity index (χ1v) is 8.54. The Kier molecular flexibility index (Phi) is 6.95. The molecule has 2 atom stereocenters. The van der Waals surface area contributed by atoms with Crippen LogP contribution in [0.1, 0.15) is 27.2 Å². The van der Waals surface area contributed by atoms with Crippen molar-refractivity contribution in [2.24, 2.45) is 10.9 Å². The topological polar surface area (TPSA) is 53.9 Å². The second kappa shape index (κ2) is 7.98. The molecule has 0 radical (unpaired) electrons. The van der Waals surface area contributed by atoms with Crippen molar-refractivity contribution in [1.29, 1.82) is 0 Å². The van der Waals surface area contributed by atoms with Crippen LogP contribution in [-0.4, -0.2) is 66.0 Å². The Morgan fingerprint density at radius 1 is 1.50 bits per heavy atom. The van der Waals surface area contributed by atoms with Crippen LogP contribution >= 0.6 is 0 Å². The first-order valence-electron chi connectivity index (χ1n) is 7.22. The van der Waals surface area contributed by atoms with E-state index in [0.29, 0.717) is 18.2 Å². The molecule has 1 rings (SSSR count). The molecule has 1 N–H and O–H groups in total. The molecule has 1 saturated heterocycles. The van der Waals surface area contributed by atoms with Crippen molar-refractivity contribution in [3.8, 4) is 0 Å². The smallest absolute Gasteiger partial charge is 0.193 e. The van der Waals surface area contributed by atoms with Crippen molar-refractivity contribution in [1.82, 2.24) is 10.2 Å². The molecule has 0 aromatic heterocycles. The summed E-state index contributed by atoms with van der Waals surface area (Å²) in [7, 11) is 2.99. The van der Waals surface area contributed by atoms with E-state index in [2.05, 4.69) is 15.2 Å². The van der Waals surface area contributed by atoms with Crippen molar-refractivity contribution in [3.05, 3.63) is 0 Å². The molecule has 0 saturated carbocycles. The summed E-state index contributed by atoms with van der Waals surface area (Å²) in [5, 5.41) is 3.29. The van der Waals surface area contributed by atoms with Crippen LogP contribution in [0.5, 0.6) is 0 Å². The minimum Gasteiger partial charge on any atom is -0.381 e. The first kappa shape index (κ1) is 17.4. The summed E-state index contributed by atoms with van der Waals surface area (Å²) in [6, 6.07) is 0. The highest BCUT2D eigenvalue weighted by Crippen LogP contribution is 2.13. The largest absolute Gasteiger partial charge is 0.381 e. The molecule has 2 unspecified atom stereocenters. The fourth-order valence-electron chi connectivity index (χ4n) is 2.15. The van der Waals surface area contributed by atoms with E-state index < -0.39 is 10.8 Å². The third-order valence-corrected chi connectivity index (χ3v) is 5.32. The zero-order chi connectivity index (χ0) is 15.2. The number of guanidine groups is 1. The minimum atomic E-state index is -0.829. The highest BCUT2D eigenvalue weighted by atomic mass is 32.2. The molecule has 1 fully saturated rings. The van der Waals surface area contributed by atoms with Gasteiger partial charge in [0, 0.05) is 61.0 Å². The molecule has 1 aliphatic heterocycles. The summed E-state index contributed by atoms with van der Waals surface area (Å²) in [5.41, 5.74) is 0. The van der Waals surface area contributed by atoms with E-state index in [4.69, 9.17) is 4.74 Å². The standard InChI is InChI=1S/C14H29N3O2S/c1-14(2,3)20(18)9-7-16-13(15-4)17(5)10-12-6-8-19-11-12/h12H,6-11H2,1-5H3,(H,15,16). The van der Waals surface area contributed by atoms with Crippen molar-refractivity contribution in [2.75, 3.05) is 46.2 Å². The lowest BCUT2D eigenvalue weighted by Crippen LogP contribution is -2.43. The van der Waals surface area contributed by atoms with Crippen LogP contribution in [0.25, 0.3) is 0 Å². The lowest BCUT2D eigenvalue weighted by atomic mass is 10.1. The first-order chi connectivity index (χ1) is 9.34. The molecule has 1 heterocycles. The van der Waals surface area contributed by atoms with Gasteiger partial charge in [0.1, 0.15) is 0 Å². The molecule has 0 spiro atoms. The minimum absolute atomic E-state index is 0.154. The van der Waals surface area contributed by atoms with Crippen molar-refractivity contribution >= 4 is 16.8 Å². The van der Waals surface area contributed by atoms with Gasteiger partial charge in [-0.1, -0.05) is 0 Å². The van der Waals surface area contributed by atoms with Crippen LogP contribution in [0, 0.1) is 5.92 Å². The number of rotatable bonds is 5. The Labute approximate surface area is 125 Å². The predicted molar refractivity (Wildman–Crippen MR) is 85.7 cm³/mol. The van der Waals surface area contributed by atoms with Gasteiger partial charge >= 0.3 is 0 Å². The quantitative estimate of drug-likeness (QED) is 0.610. The van der Waals surface area contributed by atoms with Crippen LogP contribution in [-0.2, 0) is 15.5 Å². The number of nitrogens with one attached hydrogen (secondary N) is 1. The zero-order valence-corrected chi connectivity index (χ0v) is 14.3. The van der Waals surface area contributed by atoms with Gasteiger partial charge in [-0.3, -0.25) is 9.20 Å². The van der Waals surface area contributed by atoms with E-state index in [-0.39, 0.29) is 4.75 Å². The highest BCUT2D eigenvalue weighted by Gasteiger charge is 2.20. The normalized spacial score (nSPS) is 21.9. The Morgan fingerprint density at radius 2 is 2.20 bits per heavy atom. The molecule has 0 bridgehead atoms. The van der Waals surface area contributed by atoms with E-state index >= 15 is 0 Å². The van der Waals surface area contributed by atoms with Gasteiger partial charge in [0.25, 0.3) is 0 Å². The Bertz CT molecular complexity index is 347. The summed E-state index contributed by atoms with van der Waals surface area (Å²) in [6.07, 6.45) is 1.12. The summed E-state index contributed by atoms with van der Waals surface area (Å²) in [5.74, 6) is 2.09. The summed E-state index contributed by atoms with van der Waals surface area (Å²) < 4.78 is 17.2. The number of hydrogen-bond donors (Lipinski definition) is 1. The van der Waals surface area contributed by atoms with Gasteiger partial charge in [0.05, 0.1) is 6.61 Å². The highest BCUT2D eigenvalue weighted by molar-refractivity contribution is 7.86. The van der Waals surface area contributed by atoms with E-state index in [1.165, 1.54) is 0 Å². The zero-order valence-electron chi connectivity index (χ0n) is 13.4. The average molecular weight is 303 g/mol. The maximum absolute atomic E-state index is 12.0. The Balaban J connectivity index is 2.33. The molecule has 5 nitrogen and oxygen atoms in total. The Hall–Kier alpha value is -0.620. The third-order valence-electron chi connectivity index (χ3n) is 3.38. The van der Waals surface area contributed by atoms with E-state index in [0.717, 1.165) is 32.1 Å². The van der Waals surface area contributed by atoms with Crippen LogP contribution in [0.15, 0.2) is 4.99 Å². The van der Waals surface area contributed by atoms with E-state index in [1.54, 1.807) is 7.05 Å². The van der Waals surface area contributed by atoms with Crippen LogP contribution in [0.3, 0.4) is 0 Å². The summed E-state index contributed by atoms with van der Waals surface area (Å²) in [4.78, 5) is 6.41. The molecule has 0 aromatic carbocycles. The molecule has 0 aliphatic carbocycles. The fourth-order valence-corrected chi connectivity index (χ4v) is 3.05. The second-order valence-electron chi connectivity index (χ2n) is 6.25. The molecule has 118 valence electrons. The van der Waals surface area contributed by atoms with Gasteiger partial charge in [0.2, 0.25) is 0 Å². The summed E-state index contributed by atoms with van der Waals surface area (Å²) in [6.45, 7) is 9.35. The average Bonchev–Trinajstić information content (AvgIpc) is 2.85. The van der Waals surface area contributed by atoms with Crippen molar-refractivity contribution in [2.45, 2.75) is 31.9 Å². The maximum Gasteiger partial charge on any atom is 0.193 e. The number of nitrogens with zero attached hydrogens (tertiary/aromatic N) is 2. The molecular weight excluding hydrogens is 274 g/mol. The van der Waals surface area contributed by atoms with E-state index in [9.17, 15) is 4.21 Å². The predicted octanol–water partition coefficient (Wildman–Crippen LogP) is 1.08. The third kappa shape index (κ3) is 5.79. The second-order valence-corrected chi connectivity index (χ2v) is 8.57. The monoisotopic (exact) mass is 303 g/mol. The molecule has 0 aromatic rings. The molecule has 1 aliphatic rings. The van der Waals surface area contributed by atoms with Crippen LogP contribution in [0.2, 0.25) is 0 Å². The maximum atomic E-state index is 12.0. The van der Waals surface area contributed by atoms with Crippen molar-refractivity contribution in [3.63, 3.8) is 0 Å². The van der Waals surface area contributed by atoms with Gasteiger partial charge in [0.15, 0.2) is 5.96 Å². The molecular formula is C14H29N3O2S. The molecule has 20 heavy (non-hydrogen) atoms. The fraction of sp³-hybridized carbons (Fsp3) is 0.929. The summed E-state index contributed by atoms with van der Waals surface area (Å²) >= 11 is 0. The molecule has 6 heteroatoms. The van der Waals surface area contributed by atoms with E-state index in [1.807, 2.05) is 27.8 Å². The lowest BCUT2D eigenvalue weighted by Gasteiger charge is -2.25. The van der Waals surface area contributed by atoms with Gasteiger partial charge in [-0.05, 0) is 27.2 Å². The molecule has 0 amide bonds. The van der Waals surface area contributed by atoms with Gasteiger partial charge < -0.3 is 15.0 Å².